The molecule has 3 rings (SSSR count). The van der Waals surface area contributed by atoms with Gasteiger partial charge in [-0.05, 0) is 31.2 Å². The van der Waals surface area contributed by atoms with Gasteiger partial charge in [-0.3, -0.25) is 4.79 Å². The van der Waals surface area contributed by atoms with Crippen LogP contribution in [-0.4, -0.2) is 16.6 Å². The van der Waals surface area contributed by atoms with E-state index in [1.54, 1.807) is 35.6 Å². The molecule has 1 N–H and O–H groups in total. The van der Waals surface area contributed by atoms with Crippen LogP contribution < -0.4 is 5.32 Å². The van der Waals surface area contributed by atoms with Crippen LogP contribution in [0.5, 0.6) is 0 Å². The molecule has 0 fully saturated rings. The summed E-state index contributed by atoms with van der Waals surface area (Å²) >= 11 is 1.94. The summed E-state index contributed by atoms with van der Waals surface area (Å²) in [6, 6.07) is 13.6. The standard InChI is InChI=1S/C18H14F2N2OS2/c1-11-21-15(10-24-11)12-6-8-13(9-7-12)22-17(23)14-4-2-3-5-16(14)25-18(19)20/h2-10,18H,1H3,(H,22,23). The Morgan fingerprint density at radius 3 is 2.52 bits per heavy atom. The Kier molecular flexibility index (Phi) is 5.45. The number of nitrogens with one attached hydrogen (secondary N) is 1. The molecule has 7 heteroatoms. The lowest BCUT2D eigenvalue weighted by atomic mass is 10.1. The molecule has 25 heavy (non-hydrogen) atoms. The molecule has 0 saturated heterocycles. The molecule has 0 aliphatic carbocycles. The second kappa shape index (κ2) is 7.76. The summed E-state index contributed by atoms with van der Waals surface area (Å²) in [5, 5.41) is 5.70. The first-order valence-corrected chi connectivity index (χ1v) is 9.16. The number of alkyl halides is 2. The number of amides is 1. The minimum absolute atomic E-state index is 0.229. The Morgan fingerprint density at radius 2 is 1.88 bits per heavy atom. The van der Waals surface area contributed by atoms with Crippen LogP contribution >= 0.6 is 23.1 Å². The molecule has 128 valence electrons. The summed E-state index contributed by atoms with van der Waals surface area (Å²) in [7, 11) is 0. The third-order valence-electron chi connectivity index (χ3n) is 3.41. The molecule has 3 aromatic rings. The molecule has 0 unspecified atom stereocenters. The molecule has 2 aromatic carbocycles. The summed E-state index contributed by atoms with van der Waals surface area (Å²) in [5.41, 5.74) is 2.67. The maximum Gasteiger partial charge on any atom is 0.288 e. The smallest absolute Gasteiger partial charge is 0.288 e. The molecule has 0 bridgehead atoms. The van der Waals surface area contributed by atoms with Gasteiger partial charge in [0.25, 0.3) is 11.7 Å². The summed E-state index contributed by atoms with van der Waals surface area (Å²) in [5.74, 6) is -2.99. The number of aryl methyl sites for hydroxylation is 1. The highest BCUT2D eigenvalue weighted by Crippen LogP contribution is 2.29. The molecular weight excluding hydrogens is 362 g/mol. The third-order valence-corrected chi connectivity index (χ3v) is 4.97. The molecule has 0 aliphatic rings. The molecule has 1 aromatic heterocycles. The van der Waals surface area contributed by atoms with Gasteiger partial charge in [0, 0.05) is 21.5 Å². The highest BCUT2D eigenvalue weighted by atomic mass is 32.2. The normalized spacial score (nSPS) is 10.9. The van der Waals surface area contributed by atoms with Gasteiger partial charge < -0.3 is 5.32 Å². The lowest BCUT2D eigenvalue weighted by Gasteiger charge is -2.10. The van der Waals surface area contributed by atoms with Crippen LogP contribution in [0.25, 0.3) is 11.3 Å². The molecule has 0 spiro atoms. The number of hydrogen-bond donors (Lipinski definition) is 1. The lowest BCUT2D eigenvalue weighted by molar-refractivity contribution is 0.102. The summed E-state index contributed by atoms with van der Waals surface area (Å²) in [6.45, 7) is 1.94. The van der Waals surface area contributed by atoms with Gasteiger partial charge in [-0.25, -0.2) is 4.98 Å². The topological polar surface area (TPSA) is 42.0 Å². The maximum atomic E-state index is 12.6. The van der Waals surface area contributed by atoms with Gasteiger partial charge in [0.05, 0.1) is 16.3 Å². The minimum atomic E-state index is -2.57. The van der Waals surface area contributed by atoms with Crippen LogP contribution in [0.3, 0.4) is 0 Å². The van der Waals surface area contributed by atoms with Crippen molar-refractivity contribution in [3.63, 3.8) is 0 Å². The van der Waals surface area contributed by atoms with Crippen molar-refractivity contribution in [2.45, 2.75) is 17.6 Å². The average Bonchev–Trinajstić information content (AvgIpc) is 3.02. The zero-order valence-electron chi connectivity index (χ0n) is 13.2. The number of halogens is 2. The highest BCUT2D eigenvalue weighted by Gasteiger charge is 2.15. The number of rotatable bonds is 5. The largest absolute Gasteiger partial charge is 0.322 e. The number of carbonyl (C=O) groups is 1. The quantitative estimate of drug-likeness (QED) is 0.582. The van der Waals surface area contributed by atoms with Crippen LogP contribution in [0.4, 0.5) is 14.5 Å². The number of thioether (sulfide) groups is 1. The number of carbonyl (C=O) groups excluding carboxylic acids is 1. The van der Waals surface area contributed by atoms with E-state index in [1.165, 1.54) is 12.1 Å². The molecular formula is C18H14F2N2OS2. The molecule has 0 aliphatic heterocycles. The van der Waals surface area contributed by atoms with E-state index in [1.807, 2.05) is 24.4 Å². The van der Waals surface area contributed by atoms with Crippen molar-refractivity contribution in [3.05, 3.63) is 64.5 Å². The van der Waals surface area contributed by atoms with Crippen LogP contribution in [0, 0.1) is 6.92 Å². The van der Waals surface area contributed by atoms with Gasteiger partial charge in [0.1, 0.15) is 0 Å². The van der Waals surface area contributed by atoms with E-state index in [0.717, 1.165) is 16.3 Å². The van der Waals surface area contributed by atoms with Crippen molar-refractivity contribution in [1.29, 1.82) is 0 Å². The monoisotopic (exact) mass is 376 g/mol. The van der Waals surface area contributed by atoms with Crippen molar-refractivity contribution < 1.29 is 13.6 Å². The van der Waals surface area contributed by atoms with Gasteiger partial charge in [-0.1, -0.05) is 36.0 Å². The molecule has 1 heterocycles. The Bertz CT molecular complexity index is 879. The molecule has 0 saturated carbocycles. The zero-order chi connectivity index (χ0) is 17.8. The van der Waals surface area contributed by atoms with Gasteiger partial charge in [0.15, 0.2) is 0 Å². The molecule has 0 atom stereocenters. The molecule has 0 radical (unpaired) electrons. The fourth-order valence-electron chi connectivity index (χ4n) is 2.27. The number of aromatic nitrogens is 1. The Morgan fingerprint density at radius 1 is 1.16 bits per heavy atom. The van der Waals surface area contributed by atoms with E-state index in [2.05, 4.69) is 10.3 Å². The van der Waals surface area contributed by atoms with Gasteiger partial charge >= 0.3 is 0 Å². The number of hydrogen-bond acceptors (Lipinski definition) is 4. The minimum Gasteiger partial charge on any atom is -0.322 e. The Hall–Kier alpha value is -2.25. The summed E-state index contributed by atoms with van der Waals surface area (Å²) in [6.07, 6.45) is 0. The van der Waals surface area contributed by atoms with E-state index >= 15 is 0 Å². The first kappa shape index (κ1) is 17.6. The fraction of sp³-hybridized carbons (Fsp3) is 0.111. The van der Waals surface area contributed by atoms with Crippen LogP contribution in [-0.2, 0) is 0 Å². The van der Waals surface area contributed by atoms with Crippen molar-refractivity contribution in [2.24, 2.45) is 0 Å². The second-order valence-electron chi connectivity index (χ2n) is 5.16. The van der Waals surface area contributed by atoms with E-state index in [0.29, 0.717) is 17.4 Å². The van der Waals surface area contributed by atoms with E-state index < -0.39 is 11.7 Å². The fourth-order valence-corrected chi connectivity index (χ4v) is 3.53. The van der Waals surface area contributed by atoms with Crippen molar-refractivity contribution in [1.82, 2.24) is 4.98 Å². The van der Waals surface area contributed by atoms with Gasteiger partial charge in [-0.2, -0.15) is 8.78 Å². The van der Waals surface area contributed by atoms with Crippen molar-refractivity contribution in [2.75, 3.05) is 5.32 Å². The van der Waals surface area contributed by atoms with Crippen molar-refractivity contribution in [3.8, 4) is 11.3 Å². The Labute approximate surface area is 152 Å². The van der Waals surface area contributed by atoms with Gasteiger partial charge in [0.2, 0.25) is 0 Å². The van der Waals surface area contributed by atoms with Crippen molar-refractivity contribution >= 4 is 34.7 Å². The van der Waals surface area contributed by atoms with Crippen LogP contribution in [0.15, 0.2) is 58.8 Å². The zero-order valence-corrected chi connectivity index (χ0v) is 14.8. The average molecular weight is 376 g/mol. The second-order valence-corrected chi connectivity index (χ2v) is 7.25. The van der Waals surface area contributed by atoms with E-state index in [-0.39, 0.29) is 10.5 Å². The maximum absolute atomic E-state index is 12.6. The van der Waals surface area contributed by atoms with Crippen LogP contribution in [0.2, 0.25) is 0 Å². The number of benzene rings is 2. The van der Waals surface area contributed by atoms with Crippen LogP contribution in [0.1, 0.15) is 15.4 Å². The van der Waals surface area contributed by atoms with Gasteiger partial charge in [-0.15, -0.1) is 11.3 Å². The first-order valence-electron chi connectivity index (χ1n) is 7.40. The number of anilines is 1. The SMILES string of the molecule is Cc1nc(-c2ccc(NC(=O)c3ccccc3SC(F)F)cc2)cs1. The first-order chi connectivity index (χ1) is 12.0. The molecule has 1 amide bonds. The molecule has 3 nitrogen and oxygen atoms in total. The van der Waals surface area contributed by atoms with E-state index in [9.17, 15) is 13.6 Å². The predicted octanol–water partition coefficient (Wildman–Crippen LogP) is 5.69. The van der Waals surface area contributed by atoms with E-state index in [4.69, 9.17) is 0 Å². The number of nitrogens with zero attached hydrogens (tertiary/aromatic N) is 1. The summed E-state index contributed by atoms with van der Waals surface area (Å²) < 4.78 is 25.2. The highest BCUT2D eigenvalue weighted by molar-refractivity contribution is 7.99. The third kappa shape index (κ3) is 4.43. The predicted molar refractivity (Wildman–Crippen MR) is 98.5 cm³/mol. The Balaban J connectivity index is 1.75. The number of thiazole rings is 1. The summed E-state index contributed by atoms with van der Waals surface area (Å²) in [4.78, 5) is 17.1. The lowest BCUT2D eigenvalue weighted by Crippen LogP contribution is -2.13.